The number of esters is 2. The maximum atomic E-state index is 12.9. The Bertz CT molecular complexity index is 1570. The highest BCUT2D eigenvalue weighted by Gasteiger charge is 2.26. The molecule has 0 atom stereocenters. The van der Waals surface area contributed by atoms with Gasteiger partial charge in [-0.3, -0.25) is 0 Å². The Labute approximate surface area is 205 Å². The molecule has 0 bridgehead atoms. The first kappa shape index (κ1) is 24.5. The molecule has 0 unspecified atom stereocenters. The zero-order valence-corrected chi connectivity index (χ0v) is 18.4. The zero-order valence-electron chi connectivity index (χ0n) is 18.4. The Balaban J connectivity index is 1.80. The van der Waals surface area contributed by atoms with E-state index in [1.807, 2.05) is 0 Å². The lowest BCUT2D eigenvalue weighted by molar-refractivity contribution is 0.0386. The van der Waals surface area contributed by atoms with Crippen molar-refractivity contribution in [1.29, 1.82) is 0 Å². The third kappa shape index (κ3) is 4.44. The Morgan fingerprint density at radius 1 is 0.459 bits per heavy atom. The third-order valence-corrected chi connectivity index (χ3v) is 5.58. The Kier molecular flexibility index (Phi) is 6.12. The van der Waals surface area contributed by atoms with Gasteiger partial charge in [-0.1, -0.05) is 24.3 Å². The normalized spacial score (nSPS) is 10.7. The van der Waals surface area contributed by atoms with Gasteiger partial charge in [0.25, 0.3) is 0 Å². The second kappa shape index (κ2) is 9.23. The number of carbonyl (C=O) groups excluding carboxylic acids is 2. The summed E-state index contributed by atoms with van der Waals surface area (Å²) in [5, 5.41) is 38.4. The Hall–Kier alpha value is -5.58. The average Bonchev–Trinajstić information content (AvgIpc) is 2.85. The van der Waals surface area contributed by atoms with Gasteiger partial charge in [-0.15, -0.1) is 0 Å². The molecule has 0 saturated carbocycles. The van der Waals surface area contributed by atoms with Crippen LogP contribution in [-0.4, -0.2) is 56.2 Å². The molecule has 0 radical (unpaired) electrons. The largest absolute Gasteiger partial charge is 0.478 e. The van der Waals surface area contributed by atoms with E-state index < -0.39 is 58.1 Å². The monoisotopic (exact) mass is 502 g/mol. The number of carbonyl (C=O) groups is 6. The molecule has 4 aromatic carbocycles. The molecule has 0 aromatic heterocycles. The maximum Gasteiger partial charge on any atom is 0.346 e. The molecule has 0 saturated heterocycles. The lowest BCUT2D eigenvalue weighted by atomic mass is 9.97. The van der Waals surface area contributed by atoms with Crippen LogP contribution in [0.1, 0.15) is 62.1 Å². The van der Waals surface area contributed by atoms with E-state index in [9.17, 15) is 49.2 Å². The summed E-state index contributed by atoms with van der Waals surface area (Å²) in [4.78, 5) is 72.3. The molecule has 184 valence electrons. The van der Waals surface area contributed by atoms with Gasteiger partial charge in [-0.25, -0.2) is 28.8 Å². The predicted octanol–water partition coefficient (Wildman–Crippen LogP) is 3.78. The van der Waals surface area contributed by atoms with Crippen molar-refractivity contribution in [2.45, 2.75) is 0 Å². The first-order valence-electron chi connectivity index (χ1n) is 10.3. The van der Waals surface area contributed by atoms with E-state index in [1.165, 1.54) is 36.4 Å². The van der Waals surface area contributed by atoms with E-state index in [4.69, 9.17) is 4.74 Å². The van der Waals surface area contributed by atoms with Gasteiger partial charge in [0.05, 0.1) is 33.4 Å². The first-order chi connectivity index (χ1) is 17.5. The lowest BCUT2D eigenvalue weighted by Crippen LogP contribution is -2.19. The van der Waals surface area contributed by atoms with Crippen molar-refractivity contribution in [2.24, 2.45) is 0 Å². The molecule has 0 aliphatic rings. The quantitative estimate of drug-likeness (QED) is 0.221. The smallest absolute Gasteiger partial charge is 0.346 e. The van der Waals surface area contributed by atoms with Gasteiger partial charge in [0, 0.05) is 0 Å². The van der Waals surface area contributed by atoms with Crippen LogP contribution in [-0.2, 0) is 4.74 Å². The molecule has 11 nitrogen and oxygen atoms in total. The minimum atomic E-state index is -1.60. The maximum absolute atomic E-state index is 12.9. The van der Waals surface area contributed by atoms with Gasteiger partial charge in [0.15, 0.2) is 0 Å². The summed E-state index contributed by atoms with van der Waals surface area (Å²) < 4.78 is 4.82. The molecular formula is C26H14O11. The number of carboxylic acids is 4. The number of hydrogen-bond donors (Lipinski definition) is 4. The van der Waals surface area contributed by atoms with Crippen molar-refractivity contribution >= 4 is 57.4 Å². The van der Waals surface area contributed by atoms with Crippen molar-refractivity contribution in [3.63, 3.8) is 0 Å². The van der Waals surface area contributed by atoms with Crippen LogP contribution in [0.3, 0.4) is 0 Å². The minimum Gasteiger partial charge on any atom is -0.478 e. The van der Waals surface area contributed by atoms with E-state index in [0.717, 1.165) is 24.3 Å². The summed E-state index contributed by atoms with van der Waals surface area (Å²) in [5.41, 5.74) is -2.83. The highest BCUT2D eigenvalue weighted by Crippen LogP contribution is 2.27. The van der Waals surface area contributed by atoms with Crippen molar-refractivity contribution in [1.82, 2.24) is 0 Å². The number of rotatable bonds is 6. The fourth-order valence-corrected chi connectivity index (χ4v) is 3.91. The molecule has 0 aliphatic heterocycles. The molecule has 4 N–H and O–H groups in total. The number of hydrogen-bond acceptors (Lipinski definition) is 7. The van der Waals surface area contributed by atoms with Crippen LogP contribution in [0.2, 0.25) is 0 Å². The van der Waals surface area contributed by atoms with E-state index in [2.05, 4.69) is 0 Å². The lowest BCUT2D eigenvalue weighted by Gasteiger charge is -2.11. The fraction of sp³-hybridized carbons (Fsp3) is 0. The van der Waals surface area contributed by atoms with Gasteiger partial charge in [0.1, 0.15) is 0 Å². The molecule has 4 rings (SSSR count). The molecular weight excluding hydrogens is 488 g/mol. The summed E-state index contributed by atoms with van der Waals surface area (Å²) >= 11 is 0. The van der Waals surface area contributed by atoms with Gasteiger partial charge in [0.2, 0.25) is 0 Å². The summed E-state index contributed by atoms with van der Waals surface area (Å²) in [6.45, 7) is 0. The molecule has 0 spiro atoms. The number of benzene rings is 4. The average molecular weight is 502 g/mol. The van der Waals surface area contributed by atoms with E-state index in [0.29, 0.717) is 0 Å². The number of fused-ring (bicyclic) bond motifs is 2. The van der Waals surface area contributed by atoms with E-state index in [1.54, 1.807) is 0 Å². The molecule has 37 heavy (non-hydrogen) atoms. The molecule has 0 heterocycles. The Morgan fingerprint density at radius 3 is 1.14 bits per heavy atom. The van der Waals surface area contributed by atoms with Gasteiger partial charge in [-0.05, 0) is 57.9 Å². The van der Waals surface area contributed by atoms with Gasteiger partial charge < -0.3 is 25.2 Å². The second-order valence-electron chi connectivity index (χ2n) is 7.75. The van der Waals surface area contributed by atoms with E-state index in [-0.39, 0.29) is 32.7 Å². The topological polar surface area (TPSA) is 193 Å². The molecule has 0 fully saturated rings. The molecule has 11 heteroatoms. The minimum absolute atomic E-state index is 0.0344. The second-order valence-corrected chi connectivity index (χ2v) is 7.75. The summed E-state index contributed by atoms with van der Waals surface area (Å²) in [6.07, 6.45) is 0. The van der Waals surface area contributed by atoms with Crippen molar-refractivity contribution < 1.29 is 53.9 Å². The summed E-state index contributed by atoms with van der Waals surface area (Å²) in [5.74, 6) is -8.67. The molecule has 0 aliphatic carbocycles. The van der Waals surface area contributed by atoms with Crippen molar-refractivity contribution in [3.8, 4) is 0 Å². The summed E-state index contributed by atoms with van der Waals surface area (Å²) in [7, 11) is 0. The van der Waals surface area contributed by atoms with Crippen molar-refractivity contribution in [3.05, 3.63) is 94.0 Å². The first-order valence-corrected chi connectivity index (χ1v) is 10.3. The number of ether oxygens (including phenoxy) is 1. The number of carboxylic acid groups (broad SMARTS) is 4. The SMILES string of the molecule is O=C(O)c1cc2c(C(=O)O)cccc2cc1C(=O)OC(=O)c1cc2cccc(C(=O)O)c2cc1C(=O)O. The van der Waals surface area contributed by atoms with E-state index >= 15 is 0 Å². The molecule has 4 aromatic rings. The van der Waals surface area contributed by atoms with Crippen LogP contribution in [0.4, 0.5) is 0 Å². The van der Waals surface area contributed by atoms with Crippen molar-refractivity contribution in [2.75, 3.05) is 0 Å². The van der Waals surface area contributed by atoms with Crippen LogP contribution in [0.5, 0.6) is 0 Å². The third-order valence-electron chi connectivity index (χ3n) is 5.58. The van der Waals surface area contributed by atoms with Crippen LogP contribution in [0, 0.1) is 0 Å². The standard InChI is InChI=1S/C26H14O11/c27-21(28)13-5-1-3-11-7-19(17(23(31)32)9-15(11)13)25(35)37-26(36)20-8-12-4-2-6-14(22(29)30)16(12)10-18(20)24(33)34/h1-10H,(H,27,28)(H,29,30)(H,31,32)(H,33,34). The summed E-state index contributed by atoms with van der Waals surface area (Å²) in [6, 6.07) is 12.2. The van der Waals surface area contributed by atoms with Crippen LogP contribution >= 0.6 is 0 Å². The number of aromatic carboxylic acids is 4. The van der Waals surface area contributed by atoms with Gasteiger partial charge >= 0.3 is 35.8 Å². The van der Waals surface area contributed by atoms with Crippen LogP contribution < -0.4 is 0 Å². The zero-order chi connectivity index (χ0) is 27.0. The van der Waals surface area contributed by atoms with Gasteiger partial charge in [-0.2, -0.15) is 0 Å². The highest BCUT2D eigenvalue weighted by molar-refractivity contribution is 6.16. The molecule has 0 amide bonds. The van der Waals surface area contributed by atoms with Crippen LogP contribution in [0.15, 0.2) is 60.7 Å². The Morgan fingerprint density at radius 2 is 0.811 bits per heavy atom. The van der Waals surface area contributed by atoms with Crippen LogP contribution in [0.25, 0.3) is 21.5 Å². The predicted molar refractivity (Wildman–Crippen MR) is 125 cm³/mol. The highest BCUT2D eigenvalue weighted by atomic mass is 16.6. The fourth-order valence-electron chi connectivity index (χ4n) is 3.91.